The van der Waals surface area contributed by atoms with Crippen molar-refractivity contribution in [2.24, 2.45) is 5.41 Å². The number of hydrogen-bond donors (Lipinski definition) is 1. The molecule has 2 rings (SSSR count). The highest BCUT2D eigenvalue weighted by molar-refractivity contribution is 5.82. The molecule has 21 heavy (non-hydrogen) atoms. The summed E-state index contributed by atoms with van der Waals surface area (Å²) in [7, 11) is 0. The van der Waals surface area contributed by atoms with E-state index in [1.165, 1.54) is 25.7 Å². The zero-order valence-corrected chi connectivity index (χ0v) is 13.8. The number of piperazine rings is 1. The highest BCUT2D eigenvalue weighted by Crippen LogP contribution is 2.36. The monoisotopic (exact) mass is 296 g/mol. The van der Waals surface area contributed by atoms with E-state index in [1.807, 2.05) is 0 Å². The van der Waals surface area contributed by atoms with Gasteiger partial charge in [-0.15, -0.1) is 0 Å². The van der Waals surface area contributed by atoms with Crippen LogP contribution in [0.25, 0.3) is 0 Å². The van der Waals surface area contributed by atoms with Gasteiger partial charge in [0.15, 0.2) is 0 Å². The number of aliphatic hydroxyl groups is 1. The van der Waals surface area contributed by atoms with Crippen LogP contribution in [0.3, 0.4) is 0 Å². The van der Waals surface area contributed by atoms with Crippen molar-refractivity contribution < 1.29 is 9.90 Å². The van der Waals surface area contributed by atoms with Crippen molar-refractivity contribution in [3.05, 3.63) is 0 Å². The summed E-state index contributed by atoms with van der Waals surface area (Å²) in [4.78, 5) is 17.3. The van der Waals surface area contributed by atoms with E-state index in [1.54, 1.807) is 0 Å². The number of nitrogens with zero attached hydrogens (tertiary/aromatic N) is 2. The summed E-state index contributed by atoms with van der Waals surface area (Å²) in [6.45, 7) is 7.97. The Morgan fingerprint density at radius 3 is 2.14 bits per heavy atom. The highest BCUT2D eigenvalue weighted by Gasteiger charge is 2.38. The zero-order valence-electron chi connectivity index (χ0n) is 13.8. The van der Waals surface area contributed by atoms with Gasteiger partial charge in [-0.2, -0.15) is 0 Å². The number of hydrogen-bond acceptors (Lipinski definition) is 3. The lowest BCUT2D eigenvalue weighted by Gasteiger charge is -2.41. The Labute approximate surface area is 129 Å². The summed E-state index contributed by atoms with van der Waals surface area (Å²) in [5.74, 6) is 0.376. The lowest BCUT2D eigenvalue weighted by Crippen LogP contribution is -2.55. The van der Waals surface area contributed by atoms with E-state index in [9.17, 15) is 9.90 Å². The summed E-state index contributed by atoms with van der Waals surface area (Å²) in [6.07, 6.45) is 8.05. The summed E-state index contributed by atoms with van der Waals surface area (Å²) in [5, 5.41) is 9.41. The standard InChI is InChI=1S/C17H32N2O2/c1-3-15(14-20)18-10-12-19(13-11-18)16(21)17(2)8-6-4-5-7-9-17/h15,20H,3-14H2,1-2H3. The number of carbonyl (C=O) groups excluding carboxylic acids is 1. The topological polar surface area (TPSA) is 43.8 Å². The van der Waals surface area contributed by atoms with Crippen LogP contribution in [0.2, 0.25) is 0 Å². The van der Waals surface area contributed by atoms with E-state index in [0.29, 0.717) is 5.91 Å². The Kier molecular flexibility index (Phi) is 6.06. The van der Waals surface area contributed by atoms with Gasteiger partial charge >= 0.3 is 0 Å². The third-order valence-corrected chi connectivity index (χ3v) is 5.52. The van der Waals surface area contributed by atoms with E-state index in [2.05, 4.69) is 23.6 Å². The molecule has 1 atom stereocenters. The molecule has 1 aliphatic heterocycles. The van der Waals surface area contributed by atoms with Gasteiger partial charge in [0, 0.05) is 37.6 Å². The molecule has 2 aliphatic rings. The maximum Gasteiger partial charge on any atom is 0.228 e. The van der Waals surface area contributed by atoms with Crippen LogP contribution in [-0.2, 0) is 4.79 Å². The molecule has 0 spiro atoms. The molecule has 1 aliphatic carbocycles. The van der Waals surface area contributed by atoms with Gasteiger partial charge in [-0.25, -0.2) is 0 Å². The van der Waals surface area contributed by atoms with Gasteiger partial charge in [-0.3, -0.25) is 9.69 Å². The molecular weight excluding hydrogens is 264 g/mol. The molecule has 1 N–H and O–H groups in total. The number of aliphatic hydroxyl groups excluding tert-OH is 1. The average molecular weight is 296 g/mol. The lowest BCUT2D eigenvalue weighted by atomic mass is 9.81. The van der Waals surface area contributed by atoms with Crippen LogP contribution in [0.1, 0.15) is 58.8 Å². The van der Waals surface area contributed by atoms with E-state index in [-0.39, 0.29) is 18.1 Å². The van der Waals surface area contributed by atoms with E-state index >= 15 is 0 Å². The molecule has 1 saturated carbocycles. The van der Waals surface area contributed by atoms with Gasteiger partial charge in [0.2, 0.25) is 5.91 Å². The Morgan fingerprint density at radius 2 is 1.67 bits per heavy atom. The Bertz CT molecular complexity index is 326. The van der Waals surface area contributed by atoms with Crippen molar-refractivity contribution >= 4 is 5.91 Å². The molecule has 122 valence electrons. The predicted molar refractivity (Wildman–Crippen MR) is 85.1 cm³/mol. The van der Waals surface area contributed by atoms with Crippen molar-refractivity contribution in [3.8, 4) is 0 Å². The van der Waals surface area contributed by atoms with Crippen LogP contribution in [0.4, 0.5) is 0 Å². The first-order valence-electron chi connectivity index (χ1n) is 8.75. The van der Waals surface area contributed by atoms with Crippen LogP contribution in [0.15, 0.2) is 0 Å². The number of carbonyl (C=O) groups is 1. The minimum Gasteiger partial charge on any atom is -0.395 e. The maximum atomic E-state index is 12.9. The molecule has 1 unspecified atom stereocenters. The van der Waals surface area contributed by atoms with Crippen molar-refractivity contribution in [1.29, 1.82) is 0 Å². The van der Waals surface area contributed by atoms with Gasteiger partial charge in [-0.05, 0) is 19.3 Å². The fraction of sp³-hybridized carbons (Fsp3) is 0.941. The van der Waals surface area contributed by atoms with E-state index in [4.69, 9.17) is 0 Å². The minimum atomic E-state index is -0.125. The number of amides is 1. The second-order valence-corrected chi connectivity index (χ2v) is 7.05. The lowest BCUT2D eigenvalue weighted by molar-refractivity contribution is -0.144. The van der Waals surface area contributed by atoms with Crippen molar-refractivity contribution in [2.45, 2.75) is 64.8 Å². The second-order valence-electron chi connectivity index (χ2n) is 7.05. The molecule has 0 aromatic heterocycles. The zero-order chi connectivity index (χ0) is 15.3. The van der Waals surface area contributed by atoms with Crippen LogP contribution < -0.4 is 0 Å². The van der Waals surface area contributed by atoms with Crippen LogP contribution >= 0.6 is 0 Å². The summed E-state index contributed by atoms with van der Waals surface area (Å²) >= 11 is 0. The molecule has 4 heteroatoms. The minimum absolute atomic E-state index is 0.125. The van der Waals surface area contributed by atoms with Gasteiger partial charge in [-0.1, -0.05) is 39.5 Å². The third kappa shape index (κ3) is 3.98. The van der Waals surface area contributed by atoms with Crippen molar-refractivity contribution in [2.75, 3.05) is 32.8 Å². The van der Waals surface area contributed by atoms with Gasteiger partial charge < -0.3 is 10.0 Å². The van der Waals surface area contributed by atoms with E-state index in [0.717, 1.165) is 45.4 Å². The van der Waals surface area contributed by atoms with Crippen LogP contribution in [0.5, 0.6) is 0 Å². The molecule has 0 radical (unpaired) electrons. The first kappa shape index (κ1) is 16.8. The summed E-state index contributed by atoms with van der Waals surface area (Å²) in [6, 6.07) is 0.260. The fourth-order valence-electron chi connectivity index (χ4n) is 3.90. The molecule has 1 heterocycles. The van der Waals surface area contributed by atoms with Crippen LogP contribution in [-0.4, -0.2) is 59.6 Å². The van der Waals surface area contributed by atoms with Gasteiger partial charge in [0.05, 0.1) is 6.61 Å². The quantitative estimate of drug-likeness (QED) is 0.809. The smallest absolute Gasteiger partial charge is 0.228 e. The summed E-state index contributed by atoms with van der Waals surface area (Å²) < 4.78 is 0. The SMILES string of the molecule is CCC(CO)N1CCN(C(=O)C2(C)CCCCCC2)CC1. The first-order chi connectivity index (χ1) is 10.1. The largest absolute Gasteiger partial charge is 0.395 e. The predicted octanol–water partition coefficient (Wildman–Crippen LogP) is 2.26. The van der Waals surface area contributed by atoms with Gasteiger partial charge in [0.25, 0.3) is 0 Å². The van der Waals surface area contributed by atoms with Crippen molar-refractivity contribution in [3.63, 3.8) is 0 Å². The van der Waals surface area contributed by atoms with Gasteiger partial charge in [0.1, 0.15) is 0 Å². The third-order valence-electron chi connectivity index (χ3n) is 5.52. The molecule has 1 amide bonds. The second kappa shape index (κ2) is 7.59. The summed E-state index contributed by atoms with van der Waals surface area (Å²) in [5.41, 5.74) is -0.125. The average Bonchev–Trinajstić information content (AvgIpc) is 2.74. The molecule has 0 bridgehead atoms. The molecule has 0 aromatic rings. The molecule has 2 fully saturated rings. The van der Waals surface area contributed by atoms with E-state index < -0.39 is 0 Å². The Hall–Kier alpha value is -0.610. The Morgan fingerprint density at radius 1 is 1.10 bits per heavy atom. The highest BCUT2D eigenvalue weighted by atomic mass is 16.3. The molecule has 1 saturated heterocycles. The first-order valence-corrected chi connectivity index (χ1v) is 8.75. The molecular formula is C17H32N2O2. The Balaban J connectivity index is 1.90. The molecule has 4 nitrogen and oxygen atoms in total. The van der Waals surface area contributed by atoms with Crippen LogP contribution in [0, 0.1) is 5.41 Å². The van der Waals surface area contributed by atoms with Crippen molar-refractivity contribution in [1.82, 2.24) is 9.80 Å². The maximum absolute atomic E-state index is 12.9. The normalized spacial score (nSPS) is 25.4. The fourth-order valence-corrected chi connectivity index (χ4v) is 3.90. The number of rotatable bonds is 4. The molecule has 0 aromatic carbocycles.